The lowest BCUT2D eigenvalue weighted by molar-refractivity contribution is -0.141. The maximum atomic E-state index is 14.3. The Kier molecular flexibility index (Phi) is 11.0. The number of nitrogens with zero attached hydrogens (tertiary/aromatic N) is 2. The first-order valence-electron chi connectivity index (χ1n) is 13.9. The highest BCUT2D eigenvalue weighted by Crippen LogP contribution is 2.33. The molecule has 0 aliphatic carbocycles. The number of rotatable bonds is 12. The molecule has 0 heterocycles. The van der Waals surface area contributed by atoms with E-state index in [1.807, 2.05) is 34.6 Å². The topological polar surface area (TPSA) is 96.0 Å². The number of aryl methyl sites for hydroxylation is 1. The summed E-state index contributed by atoms with van der Waals surface area (Å²) in [5.41, 5.74) is 1.21. The Morgan fingerprint density at radius 1 is 0.952 bits per heavy atom. The summed E-state index contributed by atoms with van der Waals surface area (Å²) in [6.07, 6.45) is 0.304. The Bertz CT molecular complexity index is 1490. The quantitative estimate of drug-likeness (QED) is 0.272. The molecule has 0 radical (unpaired) electrons. The van der Waals surface area contributed by atoms with Crippen LogP contribution < -0.4 is 14.4 Å². The number of ether oxygens (including phenoxy) is 1. The number of nitrogens with one attached hydrogen (secondary N) is 1. The van der Waals surface area contributed by atoms with Crippen LogP contribution in [-0.2, 0) is 26.2 Å². The van der Waals surface area contributed by atoms with E-state index < -0.39 is 34.1 Å². The van der Waals surface area contributed by atoms with Crippen LogP contribution in [0.15, 0.2) is 77.7 Å². The van der Waals surface area contributed by atoms with Gasteiger partial charge in [-0.25, -0.2) is 8.42 Å². The molecule has 8 nitrogen and oxygen atoms in total. The van der Waals surface area contributed by atoms with Gasteiger partial charge in [0.15, 0.2) is 0 Å². The van der Waals surface area contributed by atoms with E-state index in [1.165, 1.54) is 17.0 Å². The number of amides is 2. The Labute approximate surface area is 254 Å². The van der Waals surface area contributed by atoms with Crippen LogP contribution in [0.1, 0.15) is 52.2 Å². The minimum Gasteiger partial charge on any atom is -0.492 e. The summed E-state index contributed by atoms with van der Waals surface area (Å²) < 4.78 is 35.1. The second-order valence-corrected chi connectivity index (χ2v) is 13.3. The van der Waals surface area contributed by atoms with Crippen LogP contribution in [0.25, 0.3) is 0 Å². The maximum absolute atomic E-state index is 14.3. The summed E-state index contributed by atoms with van der Waals surface area (Å²) in [5.74, 6) is -0.584. The van der Waals surface area contributed by atoms with Crippen LogP contribution >= 0.6 is 11.6 Å². The number of anilines is 1. The van der Waals surface area contributed by atoms with Crippen molar-refractivity contribution in [2.45, 2.75) is 71.0 Å². The molecule has 3 aromatic rings. The Balaban J connectivity index is 2.13. The third kappa shape index (κ3) is 8.26. The summed E-state index contributed by atoms with van der Waals surface area (Å²) in [4.78, 5) is 29.2. The van der Waals surface area contributed by atoms with Gasteiger partial charge >= 0.3 is 0 Å². The average molecular weight is 614 g/mol. The average Bonchev–Trinajstić information content (AvgIpc) is 2.92. The SMILES string of the molecule is CCOc1ccccc1N(CC(=O)N(Cc1ccccc1Cl)[C@H](CC)C(=O)NC(C)(C)C)S(=O)(=O)c1ccc(C)cc1. The molecule has 0 saturated carbocycles. The minimum absolute atomic E-state index is 0.0140. The zero-order chi connectivity index (χ0) is 31.1. The first-order valence-corrected chi connectivity index (χ1v) is 15.8. The molecule has 226 valence electrons. The number of hydrogen-bond donors (Lipinski definition) is 1. The van der Waals surface area contributed by atoms with Crippen molar-refractivity contribution in [3.8, 4) is 5.75 Å². The van der Waals surface area contributed by atoms with Crippen molar-refractivity contribution in [1.82, 2.24) is 10.2 Å². The van der Waals surface area contributed by atoms with Gasteiger partial charge in [0.1, 0.15) is 18.3 Å². The second kappa shape index (κ2) is 14.1. The summed E-state index contributed by atoms with van der Waals surface area (Å²) >= 11 is 6.47. The van der Waals surface area contributed by atoms with Gasteiger partial charge in [0.25, 0.3) is 10.0 Å². The summed E-state index contributed by atoms with van der Waals surface area (Å²) in [6, 6.07) is 19.3. The van der Waals surface area contributed by atoms with E-state index in [0.717, 1.165) is 9.87 Å². The predicted octanol–water partition coefficient (Wildman–Crippen LogP) is 5.96. The van der Waals surface area contributed by atoms with E-state index >= 15 is 0 Å². The lowest BCUT2D eigenvalue weighted by Gasteiger charge is -2.35. The van der Waals surface area contributed by atoms with Crippen molar-refractivity contribution in [3.05, 3.63) is 88.9 Å². The Morgan fingerprint density at radius 2 is 1.57 bits per heavy atom. The summed E-state index contributed by atoms with van der Waals surface area (Å²) in [7, 11) is -4.22. The third-order valence-corrected chi connectivity index (χ3v) is 8.65. The smallest absolute Gasteiger partial charge is 0.264 e. The van der Waals surface area contributed by atoms with Gasteiger partial charge in [0, 0.05) is 17.1 Å². The molecule has 2 amide bonds. The standard InChI is InChI=1S/C32H40ClN3O5S/c1-7-27(31(38)34-32(4,5)6)35(21-24-13-9-10-14-26(24)33)30(37)22-36(28-15-11-12-16-29(28)41-8-2)42(39,40)25-19-17-23(3)18-20-25/h9-20,27H,7-8,21-22H2,1-6H3,(H,34,38)/t27-/m1/s1. The van der Waals surface area contributed by atoms with E-state index in [1.54, 1.807) is 67.6 Å². The van der Waals surface area contributed by atoms with Gasteiger partial charge in [0.2, 0.25) is 11.8 Å². The Hall–Kier alpha value is -3.56. The fourth-order valence-electron chi connectivity index (χ4n) is 4.47. The Morgan fingerprint density at radius 3 is 2.17 bits per heavy atom. The molecular formula is C32H40ClN3O5S. The molecule has 0 aliphatic rings. The highest BCUT2D eigenvalue weighted by Gasteiger charge is 2.35. The monoisotopic (exact) mass is 613 g/mol. The molecule has 42 heavy (non-hydrogen) atoms. The molecule has 1 N–H and O–H groups in total. The van der Waals surface area contributed by atoms with Crippen molar-refractivity contribution in [3.63, 3.8) is 0 Å². The fourth-order valence-corrected chi connectivity index (χ4v) is 6.09. The van der Waals surface area contributed by atoms with Gasteiger partial charge in [-0.1, -0.05) is 66.6 Å². The normalized spacial score (nSPS) is 12.4. The number of halogens is 1. The van der Waals surface area contributed by atoms with E-state index in [-0.39, 0.29) is 23.0 Å². The maximum Gasteiger partial charge on any atom is 0.264 e. The molecule has 0 spiro atoms. The zero-order valence-corrected chi connectivity index (χ0v) is 26.6. The van der Waals surface area contributed by atoms with Crippen molar-refractivity contribution in [2.75, 3.05) is 17.5 Å². The van der Waals surface area contributed by atoms with Gasteiger partial charge < -0.3 is 15.0 Å². The third-order valence-electron chi connectivity index (χ3n) is 6.50. The van der Waals surface area contributed by atoms with E-state index in [9.17, 15) is 18.0 Å². The van der Waals surface area contributed by atoms with E-state index in [4.69, 9.17) is 16.3 Å². The molecule has 0 bridgehead atoms. The molecule has 0 saturated heterocycles. The molecule has 3 aromatic carbocycles. The number of hydrogen-bond acceptors (Lipinski definition) is 5. The van der Waals surface area contributed by atoms with Crippen molar-refractivity contribution < 1.29 is 22.7 Å². The van der Waals surface area contributed by atoms with Gasteiger partial charge in [-0.15, -0.1) is 0 Å². The van der Waals surface area contributed by atoms with Gasteiger partial charge in [-0.05, 0) is 76.9 Å². The fraction of sp³-hybridized carbons (Fsp3) is 0.375. The molecule has 1 atom stereocenters. The minimum atomic E-state index is -4.22. The molecule has 0 aliphatic heterocycles. The van der Waals surface area contributed by atoms with Gasteiger partial charge in [0.05, 0.1) is 17.2 Å². The van der Waals surface area contributed by atoms with Crippen molar-refractivity contribution in [2.24, 2.45) is 0 Å². The van der Waals surface area contributed by atoms with Crippen LogP contribution in [0.4, 0.5) is 5.69 Å². The number of carbonyl (C=O) groups is 2. The highest BCUT2D eigenvalue weighted by atomic mass is 35.5. The largest absolute Gasteiger partial charge is 0.492 e. The summed E-state index contributed by atoms with van der Waals surface area (Å²) in [5, 5.41) is 3.40. The number of para-hydroxylation sites is 2. The van der Waals surface area contributed by atoms with Gasteiger partial charge in [-0.3, -0.25) is 13.9 Å². The van der Waals surface area contributed by atoms with Crippen LogP contribution in [0.3, 0.4) is 0 Å². The van der Waals surface area contributed by atoms with E-state index in [0.29, 0.717) is 29.4 Å². The van der Waals surface area contributed by atoms with Crippen LogP contribution in [0.5, 0.6) is 5.75 Å². The summed E-state index contributed by atoms with van der Waals surface area (Å²) in [6.45, 7) is 10.8. The second-order valence-electron chi connectivity index (χ2n) is 11.0. The first-order chi connectivity index (χ1) is 19.8. The number of carbonyl (C=O) groups excluding carboxylic acids is 2. The number of sulfonamides is 1. The highest BCUT2D eigenvalue weighted by molar-refractivity contribution is 7.92. The van der Waals surface area contributed by atoms with Gasteiger partial charge in [-0.2, -0.15) is 0 Å². The predicted molar refractivity (Wildman–Crippen MR) is 167 cm³/mol. The lowest BCUT2D eigenvalue weighted by atomic mass is 10.1. The van der Waals surface area contributed by atoms with Crippen molar-refractivity contribution in [1.29, 1.82) is 0 Å². The molecular weight excluding hydrogens is 574 g/mol. The number of benzene rings is 3. The zero-order valence-electron chi connectivity index (χ0n) is 25.1. The first kappa shape index (κ1) is 32.9. The van der Waals surface area contributed by atoms with Crippen LogP contribution in [-0.4, -0.2) is 49.9 Å². The lowest BCUT2D eigenvalue weighted by Crippen LogP contribution is -2.55. The van der Waals surface area contributed by atoms with Crippen LogP contribution in [0.2, 0.25) is 5.02 Å². The molecule has 0 fully saturated rings. The molecule has 10 heteroatoms. The molecule has 3 rings (SSSR count). The molecule has 0 unspecified atom stereocenters. The van der Waals surface area contributed by atoms with Crippen LogP contribution in [0, 0.1) is 6.92 Å². The molecule has 0 aromatic heterocycles. The van der Waals surface area contributed by atoms with E-state index in [2.05, 4.69) is 5.32 Å². The van der Waals surface area contributed by atoms with Crippen molar-refractivity contribution >= 4 is 39.1 Å².